The maximum Gasteiger partial charge on any atom is 0.247 e. The van der Waals surface area contributed by atoms with Gasteiger partial charge < -0.3 is 9.64 Å². The molecule has 2 aliphatic rings. The van der Waals surface area contributed by atoms with Crippen LogP contribution in [0, 0.1) is 19.8 Å². The number of hydrogen-bond acceptors (Lipinski definition) is 5. The highest BCUT2D eigenvalue weighted by Crippen LogP contribution is 2.36. The van der Waals surface area contributed by atoms with Gasteiger partial charge in [-0.1, -0.05) is 6.92 Å². The zero-order valence-corrected chi connectivity index (χ0v) is 16.0. The van der Waals surface area contributed by atoms with Crippen molar-refractivity contribution < 1.29 is 13.2 Å². The number of hydrogen-bond donors (Lipinski definition) is 0. The molecule has 2 aliphatic heterocycles. The minimum absolute atomic E-state index is 0.0207. The maximum absolute atomic E-state index is 13.4. The van der Waals surface area contributed by atoms with E-state index in [1.807, 2.05) is 6.92 Å². The Morgan fingerprint density at radius 2 is 2.00 bits per heavy atom. The zero-order valence-electron chi connectivity index (χ0n) is 15.2. The molecule has 0 aliphatic carbocycles. The highest BCUT2D eigenvalue weighted by Gasteiger charge is 2.49. The van der Waals surface area contributed by atoms with Crippen LogP contribution in [0.5, 0.6) is 0 Å². The molecule has 136 valence electrons. The summed E-state index contributed by atoms with van der Waals surface area (Å²) in [4.78, 5) is 2.69. The monoisotopic (exact) mass is 356 g/mol. The highest BCUT2D eigenvalue weighted by atomic mass is 32.2. The number of ether oxygens (including phenoxy) is 1. The number of likely N-dealkylation sites (N-methyl/N-ethyl adjacent to an activating group) is 1. The van der Waals surface area contributed by atoms with Crippen molar-refractivity contribution in [2.24, 2.45) is 13.0 Å². The van der Waals surface area contributed by atoms with Crippen LogP contribution in [0.2, 0.25) is 0 Å². The van der Waals surface area contributed by atoms with Gasteiger partial charge in [-0.25, -0.2) is 8.42 Å². The fraction of sp³-hybridized carbons (Fsp3) is 0.812. The number of nitrogens with zero attached hydrogens (tertiary/aromatic N) is 4. The predicted molar refractivity (Wildman–Crippen MR) is 91.4 cm³/mol. The molecule has 0 radical (unpaired) electrons. The number of piperidine rings is 1. The molecule has 8 heteroatoms. The Labute approximate surface area is 144 Å². The van der Waals surface area contributed by atoms with Crippen LogP contribution in [0.25, 0.3) is 0 Å². The van der Waals surface area contributed by atoms with Gasteiger partial charge in [-0.2, -0.15) is 9.40 Å². The normalized spacial score (nSPS) is 29.1. The van der Waals surface area contributed by atoms with E-state index in [0.717, 1.165) is 26.1 Å². The third kappa shape index (κ3) is 2.69. The number of sulfonamides is 1. The van der Waals surface area contributed by atoms with Crippen LogP contribution in [-0.2, 0) is 21.8 Å². The summed E-state index contributed by atoms with van der Waals surface area (Å²) in [5.74, 6) is 0.232. The Morgan fingerprint density at radius 3 is 2.54 bits per heavy atom. The molecule has 3 heterocycles. The van der Waals surface area contributed by atoms with Gasteiger partial charge in [0.05, 0.1) is 17.5 Å². The van der Waals surface area contributed by atoms with Crippen molar-refractivity contribution in [3.63, 3.8) is 0 Å². The first kappa shape index (κ1) is 17.8. The lowest BCUT2D eigenvalue weighted by atomic mass is 9.91. The lowest BCUT2D eigenvalue weighted by Gasteiger charge is -2.40. The minimum Gasteiger partial charge on any atom is -0.381 e. The van der Waals surface area contributed by atoms with Crippen molar-refractivity contribution in [2.75, 3.05) is 33.3 Å². The van der Waals surface area contributed by atoms with E-state index in [4.69, 9.17) is 4.74 Å². The molecule has 2 fully saturated rings. The van der Waals surface area contributed by atoms with Crippen LogP contribution in [0.3, 0.4) is 0 Å². The quantitative estimate of drug-likeness (QED) is 0.797. The van der Waals surface area contributed by atoms with E-state index in [9.17, 15) is 8.42 Å². The van der Waals surface area contributed by atoms with Crippen molar-refractivity contribution in [3.05, 3.63) is 11.4 Å². The molecule has 7 nitrogen and oxygen atoms in total. The first-order valence-electron chi connectivity index (χ1n) is 8.58. The smallest absolute Gasteiger partial charge is 0.247 e. The van der Waals surface area contributed by atoms with Crippen LogP contribution >= 0.6 is 0 Å². The minimum atomic E-state index is -3.55. The molecule has 3 atom stereocenters. The molecule has 1 aromatic heterocycles. The molecule has 24 heavy (non-hydrogen) atoms. The first-order valence-corrected chi connectivity index (χ1v) is 10.0. The standard InChI is InChI=1S/C16H28N4O3S/c1-6-19-9-13-14(10-19)20(8-7-15(13)23-5)24(21,22)16-11(2)17-18(4)12(16)3/h13-15H,6-10H2,1-5H3/t13-,14+,15-/m0/s1. The van der Waals surface area contributed by atoms with Gasteiger partial charge in [-0.3, -0.25) is 4.68 Å². The third-order valence-corrected chi connectivity index (χ3v) is 7.83. The lowest BCUT2D eigenvalue weighted by Crippen LogP contribution is -2.53. The van der Waals surface area contributed by atoms with E-state index in [-0.39, 0.29) is 18.1 Å². The van der Waals surface area contributed by atoms with E-state index in [0.29, 0.717) is 22.8 Å². The van der Waals surface area contributed by atoms with Crippen molar-refractivity contribution >= 4 is 10.0 Å². The van der Waals surface area contributed by atoms with Crippen LogP contribution < -0.4 is 0 Å². The average Bonchev–Trinajstić information content (AvgIpc) is 3.07. The highest BCUT2D eigenvalue weighted by molar-refractivity contribution is 7.89. The SMILES string of the molecule is CCN1C[C@@H]2[C@@H](OC)CCN(S(=O)(=O)c3c(C)nn(C)c3C)[C@@H]2C1. The molecule has 0 spiro atoms. The van der Waals surface area contributed by atoms with Crippen molar-refractivity contribution in [2.45, 2.75) is 44.2 Å². The molecule has 1 aromatic rings. The molecule has 0 amide bonds. The van der Waals surface area contributed by atoms with E-state index < -0.39 is 10.0 Å². The molecule has 0 bridgehead atoms. The van der Waals surface area contributed by atoms with E-state index in [1.165, 1.54) is 0 Å². The summed E-state index contributed by atoms with van der Waals surface area (Å²) in [5, 5.41) is 4.30. The largest absolute Gasteiger partial charge is 0.381 e. The van der Waals surface area contributed by atoms with Crippen molar-refractivity contribution in [1.82, 2.24) is 19.0 Å². The van der Waals surface area contributed by atoms with Gasteiger partial charge >= 0.3 is 0 Å². The Balaban J connectivity index is 1.99. The third-order valence-electron chi connectivity index (χ3n) is 5.65. The summed E-state index contributed by atoms with van der Waals surface area (Å²) in [6.45, 7) is 8.82. The molecule has 0 unspecified atom stereocenters. The molecular weight excluding hydrogens is 328 g/mol. The summed E-state index contributed by atoms with van der Waals surface area (Å²) in [5.41, 5.74) is 1.27. The fourth-order valence-corrected chi connectivity index (χ4v) is 6.37. The molecule has 2 saturated heterocycles. The summed E-state index contributed by atoms with van der Waals surface area (Å²) >= 11 is 0. The number of fused-ring (bicyclic) bond motifs is 1. The second-order valence-corrected chi connectivity index (χ2v) is 8.71. The zero-order chi connectivity index (χ0) is 17.6. The summed E-state index contributed by atoms with van der Waals surface area (Å²) in [7, 11) is -0.0328. The van der Waals surface area contributed by atoms with E-state index in [2.05, 4.69) is 16.9 Å². The Morgan fingerprint density at radius 1 is 1.29 bits per heavy atom. The van der Waals surface area contributed by atoms with Gasteiger partial charge in [0.15, 0.2) is 0 Å². The number of aromatic nitrogens is 2. The number of aryl methyl sites for hydroxylation is 2. The Kier molecular flexibility index (Phi) is 4.76. The molecule has 0 aromatic carbocycles. The topological polar surface area (TPSA) is 67.7 Å². The van der Waals surface area contributed by atoms with Gasteiger partial charge in [0.1, 0.15) is 4.90 Å². The van der Waals surface area contributed by atoms with Gasteiger partial charge in [0, 0.05) is 45.8 Å². The fourth-order valence-electron chi connectivity index (χ4n) is 4.29. The van der Waals surface area contributed by atoms with Crippen molar-refractivity contribution in [3.8, 4) is 0 Å². The van der Waals surface area contributed by atoms with Gasteiger partial charge in [-0.15, -0.1) is 0 Å². The van der Waals surface area contributed by atoms with Crippen LogP contribution in [0.15, 0.2) is 4.90 Å². The van der Waals surface area contributed by atoms with E-state index >= 15 is 0 Å². The second kappa shape index (κ2) is 6.40. The lowest BCUT2D eigenvalue weighted by molar-refractivity contribution is 0.00237. The number of rotatable bonds is 4. The van der Waals surface area contributed by atoms with E-state index in [1.54, 1.807) is 30.1 Å². The maximum atomic E-state index is 13.4. The predicted octanol–water partition coefficient (Wildman–Crippen LogP) is 0.767. The number of methoxy groups -OCH3 is 1. The molecule has 3 rings (SSSR count). The van der Waals surface area contributed by atoms with Gasteiger partial charge in [-0.05, 0) is 26.8 Å². The first-order chi connectivity index (χ1) is 11.3. The van der Waals surface area contributed by atoms with Gasteiger partial charge in [0.2, 0.25) is 10.0 Å². The summed E-state index contributed by atoms with van der Waals surface area (Å²) in [6.07, 6.45) is 0.876. The Hall–Kier alpha value is -0.960. The van der Waals surface area contributed by atoms with Crippen LogP contribution in [-0.4, -0.2) is 72.8 Å². The Bertz CT molecular complexity index is 715. The summed E-state index contributed by atoms with van der Waals surface area (Å²) in [6, 6.07) is -0.0207. The second-order valence-electron chi connectivity index (χ2n) is 6.89. The summed E-state index contributed by atoms with van der Waals surface area (Å²) < 4.78 is 35.8. The molecule has 0 saturated carbocycles. The van der Waals surface area contributed by atoms with Crippen molar-refractivity contribution in [1.29, 1.82) is 0 Å². The van der Waals surface area contributed by atoms with Crippen LogP contribution in [0.4, 0.5) is 0 Å². The van der Waals surface area contributed by atoms with Crippen LogP contribution in [0.1, 0.15) is 24.7 Å². The number of likely N-dealkylation sites (tertiary alicyclic amines) is 1. The van der Waals surface area contributed by atoms with Gasteiger partial charge in [0.25, 0.3) is 0 Å². The average molecular weight is 356 g/mol. The molecular formula is C16H28N4O3S. The molecule has 0 N–H and O–H groups in total.